The van der Waals surface area contributed by atoms with Crippen molar-refractivity contribution in [1.82, 2.24) is 20.2 Å². The number of benzene rings is 2. The number of halogens is 1. The van der Waals surface area contributed by atoms with Crippen LogP contribution in [0.25, 0.3) is 5.69 Å². The van der Waals surface area contributed by atoms with E-state index < -0.39 is 0 Å². The van der Waals surface area contributed by atoms with Gasteiger partial charge in [-0.05, 0) is 59.7 Å². The summed E-state index contributed by atoms with van der Waals surface area (Å²) in [5.74, 6) is 0.869. The molecule has 2 aromatic carbocycles. The fraction of sp³-hybridized carbons (Fsp3) is 0.316. The average Bonchev–Trinajstić information content (AvgIpc) is 3.16. The standard InChI is InChI=1S/C19H20ClN5/c20-15-9-11-16(12-10-15)21-19(13-5-2-6-14-19)18-22-23-24-25(18)17-7-3-1-4-8-17/h1,3-4,7-12,21H,2,5-6,13-14H2. The van der Waals surface area contributed by atoms with Crippen molar-refractivity contribution in [2.45, 2.75) is 37.6 Å². The van der Waals surface area contributed by atoms with Crippen molar-refractivity contribution in [3.05, 3.63) is 65.4 Å². The minimum atomic E-state index is -0.272. The maximum Gasteiger partial charge on any atom is 0.181 e. The van der Waals surface area contributed by atoms with E-state index in [9.17, 15) is 0 Å². The number of hydrogen-bond acceptors (Lipinski definition) is 4. The van der Waals surface area contributed by atoms with Crippen LogP contribution >= 0.6 is 11.6 Å². The molecule has 0 unspecified atom stereocenters. The van der Waals surface area contributed by atoms with E-state index in [0.717, 1.165) is 47.9 Å². The smallest absolute Gasteiger partial charge is 0.181 e. The van der Waals surface area contributed by atoms with E-state index in [-0.39, 0.29) is 5.54 Å². The molecule has 1 aliphatic carbocycles. The zero-order chi connectivity index (χ0) is 17.1. The molecule has 0 bridgehead atoms. The third-order valence-electron chi connectivity index (χ3n) is 4.83. The highest BCUT2D eigenvalue weighted by Crippen LogP contribution is 2.39. The summed E-state index contributed by atoms with van der Waals surface area (Å²) in [6.07, 6.45) is 5.56. The van der Waals surface area contributed by atoms with Crippen LogP contribution in [0.4, 0.5) is 5.69 Å². The first-order valence-electron chi connectivity index (χ1n) is 8.65. The van der Waals surface area contributed by atoms with Crippen LogP contribution in [0.1, 0.15) is 37.9 Å². The Hall–Kier alpha value is -2.40. The zero-order valence-electron chi connectivity index (χ0n) is 13.9. The number of para-hydroxylation sites is 1. The molecular weight excluding hydrogens is 334 g/mol. The predicted octanol–water partition coefficient (Wildman–Crippen LogP) is 4.59. The molecular formula is C19H20ClN5. The lowest BCUT2D eigenvalue weighted by Crippen LogP contribution is -2.40. The Morgan fingerprint density at radius 2 is 1.64 bits per heavy atom. The third-order valence-corrected chi connectivity index (χ3v) is 5.09. The fourth-order valence-corrected chi connectivity index (χ4v) is 3.72. The first-order chi connectivity index (χ1) is 12.3. The maximum absolute atomic E-state index is 6.03. The van der Waals surface area contributed by atoms with Gasteiger partial charge in [0.25, 0.3) is 0 Å². The molecule has 25 heavy (non-hydrogen) atoms. The van der Waals surface area contributed by atoms with E-state index in [1.54, 1.807) is 0 Å². The molecule has 0 atom stereocenters. The Morgan fingerprint density at radius 1 is 0.920 bits per heavy atom. The van der Waals surface area contributed by atoms with Gasteiger partial charge < -0.3 is 5.32 Å². The molecule has 1 saturated carbocycles. The van der Waals surface area contributed by atoms with Crippen LogP contribution in [0.2, 0.25) is 5.02 Å². The van der Waals surface area contributed by atoms with Crippen LogP contribution in [0, 0.1) is 0 Å². The van der Waals surface area contributed by atoms with Crippen molar-refractivity contribution in [2.75, 3.05) is 5.32 Å². The van der Waals surface area contributed by atoms with Gasteiger partial charge in [-0.25, -0.2) is 0 Å². The van der Waals surface area contributed by atoms with Gasteiger partial charge in [0, 0.05) is 10.7 Å². The Labute approximate surface area is 152 Å². The lowest BCUT2D eigenvalue weighted by atomic mass is 9.80. The van der Waals surface area contributed by atoms with E-state index in [4.69, 9.17) is 11.6 Å². The summed E-state index contributed by atoms with van der Waals surface area (Å²) in [4.78, 5) is 0. The predicted molar refractivity (Wildman–Crippen MR) is 99.0 cm³/mol. The second-order valence-corrected chi connectivity index (χ2v) is 6.96. The minimum Gasteiger partial charge on any atom is -0.373 e. The molecule has 1 fully saturated rings. The number of anilines is 1. The number of rotatable bonds is 4. The highest BCUT2D eigenvalue weighted by molar-refractivity contribution is 6.30. The van der Waals surface area contributed by atoms with Gasteiger partial charge in [-0.2, -0.15) is 4.68 Å². The molecule has 128 valence electrons. The third kappa shape index (κ3) is 3.24. The van der Waals surface area contributed by atoms with Crippen LogP contribution in [0.3, 0.4) is 0 Å². The summed E-state index contributed by atoms with van der Waals surface area (Å²) in [5, 5.41) is 17.1. The second kappa shape index (κ2) is 6.84. The molecule has 0 spiro atoms. The Kier molecular flexibility index (Phi) is 4.40. The van der Waals surface area contributed by atoms with Gasteiger partial charge in [-0.3, -0.25) is 0 Å². The summed E-state index contributed by atoms with van der Waals surface area (Å²) < 4.78 is 1.86. The van der Waals surface area contributed by atoms with Gasteiger partial charge in [-0.1, -0.05) is 49.1 Å². The van der Waals surface area contributed by atoms with Crippen molar-refractivity contribution >= 4 is 17.3 Å². The number of nitrogens with one attached hydrogen (secondary N) is 1. The molecule has 1 N–H and O–H groups in total. The van der Waals surface area contributed by atoms with Gasteiger partial charge in [0.1, 0.15) is 0 Å². The van der Waals surface area contributed by atoms with Gasteiger partial charge in [0.2, 0.25) is 0 Å². The minimum absolute atomic E-state index is 0.272. The first kappa shape index (κ1) is 16.1. The molecule has 0 saturated heterocycles. The topological polar surface area (TPSA) is 55.6 Å². The fourth-order valence-electron chi connectivity index (χ4n) is 3.60. The van der Waals surface area contributed by atoms with Crippen LogP contribution in [0.5, 0.6) is 0 Å². The van der Waals surface area contributed by atoms with E-state index in [1.165, 1.54) is 6.42 Å². The summed E-state index contributed by atoms with van der Waals surface area (Å²) in [7, 11) is 0. The Morgan fingerprint density at radius 3 is 2.36 bits per heavy atom. The van der Waals surface area contributed by atoms with Gasteiger partial charge in [-0.15, -0.1) is 5.10 Å². The number of nitrogens with zero attached hydrogens (tertiary/aromatic N) is 4. The van der Waals surface area contributed by atoms with Crippen molar-refractivity contribution in [1.29, 1.82) is 0 Å². The number of hydrogen-bond donors (Lipinski definition) is 1. The SMILES string of the molecule is Clc1ccc(NC2(c3nnnn3-c3ccccc3)CCCCC2)cc1. The maximum atomic E-state index is 6.03. The number of tetrazole rings is 1. The molecule has 0 aliphatic heterocycles. The normalized spacial score (nSPS) is 16.5. The monoisotopic (exact) mass is 353 g/mol. The van der Waals surface area contributed by atoms with Crippen LogP contribution in [0.15, 0.2) is 54.6 Å². The molecule has 3 aromatic rings. The van der Waals surface area contributed by atoms with E-state index >= 15 is 0 Å². The van der Waals surface area contributed by atoms with Crippen molar-refractivity contribution in [2.24, 2.45) is 0 Å². The van der Waals surface area contributed by atoms with Crippen molar-refractivity contribution < 1.29 is 0 Å². The molecule has 1 heterocycles. The van der Waals surface area contributed by atoms with Gasteiger partial charge in [0.15, 0.2) is 5.82 Å². The molecule has 1 aromatic heterocycles. The molecule has 5 nitrogen and oxygen atoms in total. The molecule has 1 aliphatic rings. The Bertz CT molecular complexity index is 823. The summed E-state index contributed by atoms with van der Waals surface area (Å²) in [5.41, 5.74) is 1.74. The van der Waals surface area contributed by atoms with Crippen molar-refractivity contribution in [3.63, 3.8) is 0 Å². The van der Waals surface area contributed by atoms with Gasteiger partial charge in [0.05, 0.1) is 11.2 Å². The lowest BCUT2D eigenvalue weighted by Gasteiger charge is -2.37. The highest BCUT2D eigenvalue weighted by Gasteiger charge is 2.39. The van der Waals surface area contributed by atoms with Crippen LogP contribution < -0.4 is 5.32 Å². The Balaban J connectivity index is 1.75. The highest BCUT2D eigenvalue weighted by atomic mass is 35.5. The first-order valence-corrected chi connectivity index (χ1v) is 9.03. The zero-order valence-corrected chi connectivity index (χ0v) is 14.7. The van der Waals surface area contributed by atoms with E-state index in [1.807, 2.05) is 59.3 Å². The van der Waals surface area contributed by atoms with Crippen molar-refractivity contribution in [3.8, 4) is 5.69 Å². The van der Waals surface area contributed by atoms with E-state index in [2.05, 4.69) is 20.8 Å². The number of aromatic nitrogens is 4. The van der Waals surface area contributed by atoms with E-state index in [0.29, 0.717) is 0 Å². The quantitative estimate of drug-likeness (QED) is 0.745. The molecule has 6 heteroatoms. The summed E-state index contributed by atoms with van der Waals surface area (Å²) in [6, 6.07) is 17.9. The van der Waals surface area contributed by atoms with Gasteiger partial charge >= 0.3 is 0 Å². The van der Waals surface area contributed by atoms with Crippen LogP contribution in [-0.2, 0) is 5.54 Å². The summed E-state index contributed by atoms with van der Waals surface area (Å²) in [6.45, 7) is 0. The lowest BCUT2D eigenvalue weighted by molar-refractivity contribution is 0.309. The summed E-state index contributed by atoms with van der Waals surface area (Å²) >= 11 is 6.03. The second-order valence-electron chi connectivity index (χ2n) is 6.52. The van der Waals surface area contributed by atoms with Crippen LogP contribution in [-0.4, -0.2) is 20.2 Å². The molecule has 0 amide bonds. The molecule has 4 rings (SSSR count). The average molecular weight is 354 g/mol. The largest absolute Gasteiger partial charge is 0.373 e. The molecule has 0 radical (unpaired) electrons.